The molecule has 28 heavy (non-hydrogen) atoms. The number of thiazole rings is 1. The summed E-state index contributed by atoms with van der Waals surface area (Å²) in [6.07, 6.45) is 0.239. The summed E-state index contributed by atoms with van der Waals surface area (Å²) in [6.45, 7) is 2.27. The van der Waals surface area contributed by atoms with Crippen molar-refractivity contribution in [2.45, 2.75) is 13.3 Å². The van der Waals surface area contributed by atoms with E-state index in [1.807, 2.05) is 55.5 Å². The van der Waals surface area contributed by atoms with Gasteiger partial charge in [-0.25, -0.2) is 4.98 Å². The fourth-order valence-corrected chi connectivity index (χ4v) is 3.43. The number of methoxy groups -OCH3 is 2. The van der Waals surface area contributed by atoms with Gasteiger partial charge in [-0.1, -0.05) is 0 Å². The Bertz CT molecular complexity index is 921. The third-order valence-corrected chi connectivity index (χ3v) is 4.95. The molecule has 3 rings (SSSR count). The molecule has 3 aromatic rings. The van der Waals surface area contributed by atoms with Crippen molar-refractivity contribution in [3.05, 3.63) is 53.4 Å². The van der Waals surface area contributed by atoms with Crippen LogP contribution < -0.4 is 19.5 Å². The number of hydrogen-bond donors (Lipinski definition) is 1. The fourth-order valence-electron chi connectivity index (χ4n) is 2.58. The molecule has 0 aliphatic carbocycles. The highest BCUT2D eigenvalue weighted by Crippen LogP contribution is 2.31. The highest BCUT2D eigenvalue weighted by molar-refractivity contribution is 7.16. The van der Waals surface area contributed by atoms with Gasteiger partial charge < -0.3 is 19.5 Å². The van der Waals surface area contributed by atoms with E-state index in [-0.39, 0.29) is 18.9 Å². The first-order chi connectivity index (χ1) is 13.6. The van der Waals surface area contributed by atoms with Crippen LogP contribution in [0.4, 0.5) is 5.13 Å². The summed E-state index contributed by atoms with van der Waals surface area (Å²) < 4.78 is 15.9. The molecule has 0 fully saturated rings. The highest BCUT2D eigenvalue weighted by atomic mass is 32.1. The van der Waals surface area contributed by atoms with Gasteiger partial charge >= 0.3 is 0 Å². The van der Waals surface area contributed by atoms with Crippen LogP contribution in [0.1, 0.15) is 11.3 Å². The van der Waals surface area contributed by atoms with Crippen LogP contribution in [-0.2, 0) is 4.79 Å². The number of amides is 1. The van der Waals surface area contributed by atoms with Crippen molar-refractivity contribution in [2.24, 2.45) is 0 Å². The number of nitrogens with zero attached hydrogens (tertiary/aromatic N) is 1. The van der Waals surface area contributed by atoms with Crippen molar-refractivity contribution in [1.29, 1.82) is 0 Å². The van der Waals surface area contributed by atoms with Crippen molar-refractivity contribution >= 4 is 22.4 Å². The van der Waals surface area contributed by atoms with E-state index in [1.54, 1.807) is 14.2 Å². The van der Waals surface area contributed by atoms with E-state index in [0.717, 1.165) is 27.6 Å². The van der Waals surface area contributed by atoms with Gasteiger partial charge in [-0.05, 0) is 55.5 Å². The monoisotopic (exact) mass is 398 g/mol. The number of ether oxygens (including phenoxy) is 3. The summed E-state index contributed by atoms with van der Waals surface area (Å²) in [4.78, 5) is 17.8. The summed E-state index contributed by atoms with van der Waals surface area (Å²) in [6, 6.07) is 14.9. The zero-order valence-corrected chi connectivity index (χ0v) is 16.8. The van der Waals surface area contributed by atoms with Gasteiger partial charge in [0.2, 0.25) is 5.91 Å². The maximum Gasteiger partial charge on any atom is 0.229 e. The van der Waals surface area contributed by atoms with Gasteiger partial charge in [0.05, 0.1) is 32.9 Å². The predicted molar refractivity (Wildman–Crippen MR) is 111 cm³/mol. The molecule has 0 unspecified atom stereocenters. The lowest BCUT2D eigenvalue weighted by atomic mass is 10.1. The molecule has 0 radical (unpaired) electrons. The second kappa shape index (κ2) is 9.23. The molecule has 146 valence electrons. The van der Waals surface area contributed by atoms with E-state index >= 15 is 0 Å². The first kappa shape index (κ1) is 19.7. The molecule has 1 N–H and O–H groups in total. The first-order valence-corrected chi connectivity index (χ1v) is 9.59. The van der Waals surface area contributed by atoms with Gasteiger partial charge in [0, 0.05) is 10.4 Å². The summed E-state index contributed by atoms with van der Waals surface area (Å²) >= 11 is 1.45. The lowest BCUT2D eigenvalue weighted by molar-refractivity contribution is -0.116. The van der Waals surface area contributed by atoms with Gasteiger partial charge in [-0.15, -0.1) is 11.3 Å². The lowest BCUT2D eigenvalue weighted by Gasteiger charge is -2.06. The maximum absolute atomic E-state index is 12.2. The predicted octanol–water partition coefficient (Wildman–Crippen LogP) is 4.54. The zero-order chi connectivity index (χ0) is 19.9. The van der Waals surface area contributed by atoms with Crippen LogP contribution in [0.15, 0.2) is 48.5 Å². The molecular formula is C21H22N2O4S. The van der Waals surface area contributed by atoms with E-state index in [1.165, 1.54) is 11.3 Å². The summed E-state index contributed by atoms with van der Waals surface area (Å²) in [5, 5.41) is 3.43. The maximum atomic E-state index is 12.2. The SMILES string of the molecule is COc1ccc(OCCC(=O)Nc2nc(-c3ccc(OC)cc3)c(C)s2)cc1. The Morgan fingerprint density at radius 3 is 2.14 bits per heavy atom. The van der Waals surface area contributed by atoms with Crippen LogP contribution in [0, 0.1) is 6.92 Å². The minimum atomic E-state index is -0.136. The number of anilines is 1. The van der Waals surface area contributed by atoms with Crippen molar-refractivity contribution < 1.29 is 19.0 Å². The minimum absolute atomic E-state index is 0.136. The van der Waals surface area contributed by atoms with Crippen LogP contribution in [-0.4, -0.2) is 31.7 Å². The largest absolute Gasteiger partial charge is 0.497 e. The number of nitrogens with one attached hydrogen (secondary N) is 1. The van der Waals surface area contributed by atoms with Crippen LogP contribution >= 0.6 is 11.3 Å². The quantitative estimate of drug-likeness (QED) is 0.603. The fraction of sp³-hybridized carbons (Fsp3) is 0.238. The topological polar surface area (TPSA) is 69.7 Å². The summed E-state index contributed by atoms with van der Waals surface area (Å²) in [5.74, 6) is 2.11. The summed E-state index contributed by atoms with van der Waals surface area (Å²) in [7, 11) is 3.25. The molecule has 6 nitrogen and oxygen atoms in total. The number of carbonyl (C=O) groups excluding carboxylic acids is 1. The van der Waals surface area contributed by atoms with Gasteiger partial charge in [-0.2, -0.15) is 0 Å². The molecule has 0 aliphatic rings. The molecule has 1 heterocycles. The van der Waals surface area contributed by atoms with Gasteiger partial charge in [0.15, 0.2) is 5.13 Å². The minimum Gasteiger partial charge on any atom is -0.497 e. The Balaban J connectivity index is 1.53. The smallest absolute Gasteiger partial charge is 0.229 e. The van der Waals surface area contributed by atoms with Crippen LogP contribution in [0.25, 0.3) is 11.3 Å². The number of aryl methyl sites for hydroxylation is 1. The standard InChI is InChI=1S/C21H22N2O4S/c1-14-20(15-4-6-16(25-2)7-5-15)23-21(28-14)22-19(24)12-13-27-18-10-8-17(26-3)9-11-18/h4-11H,12-13H2,1-3H3,(H,22,23,24). The van der Waals surface area contributed by atoms with Crippen molar-refractivity contribution in [3.8, 4) is 28.5 Å². The Morgan fingerprint density at radius 1 is 0.964 bits per heavy atom. The Hall–Kier alpha value is -3.06. The molecular weight excluding hydrogens is 376 g/mol. The van der Waals surface area contributed by atoms with E-state index in [9.17, 15) is 4.79 Å². The number of aromatic nitrogens is 1. The third-order valence-electron chi connectivity index (χ3n) is 4.06. The van der Waals surface area contributed by atoms with E-state index in [0.29, 0.717) is 10.9 Å². The van der Waals surface area contributed by atoms with Crippen molar-refractivity contribution in [3.63, 3.8) is 0 Å². The molecule has 1 aromatic heterocycles. The average molecular weight is 398 g/mol. The lowest BCUT2D eigenvalue weighted by Crippen LogP contribution is -2.15. The zero-order valence-electron chi connectivity index (χ0n) is 16.0. The molecule has 0 aliphatic heterocycles. The highest BCUT2D eigenvalue weighted by Gasteiger charge is 2.12. The molecule has 2 aromatic carbocycles. The Kier molecular flexibility index (Phi) is 6.49. The molecule has 0 spiro atoms. The number of benzene rings is 2. The van der Waals surface area contributed by atoms with E-state index in [2.05, 4.69) is 10.3 Å². The number of rotatable bonds is 8. The van der Waals surface area contributed by atoms with Crippen LogP contribution in [0.2, 0.25) is 0 Å². The van der Waals surface area contributed by atoms with Gasteiger partial charge in [-0.3, -0.25) is 4.79 Å². The molecule has 0 saturated carbocycles. The third kappa shape index (κ3) is 5.01. The molecule has 0 saturated heterocycles. The Morgan fingerprint density at radius 2 is 1.54 bits per heavy atom. The van der Waals surface area contributed by atoms with Crippen LogP contribution in [0.5, 0.6) is 17.2 Å². The molecule has 1 amide bonds. The normalized spacial score (nSPS) is 10.4. The first-order valence-electron chi connectivity index (χ1n) is 8.77. The van der Waals surface area contributed by atoms with Gasteiger partial charge in [0.1, 0.15) is 17.2 Å². The van der Waals surface area contributed by atoms with Gasteiger partial charge in [0.25, 0.3) is 0 Å². The number of carbonyl (C=O) groups is 1. The second-order valence-electron chi connectivity index (χ2n) is 5.97. The van der Waals surface area contributed by atoms with E-state index < -0.39 is 0 Å². The molecule has 0 bridgehead atoms. The summed E-state index contributed by atoms with van der Waals surface area (Å²) in [5.41, 5.74) is 1.84. The average Bonchev–Trinajstić information content (AvgIpc) is 3.08. The van der Waals surface area contributed by atoms with Crippen LogP contribution in [0.3, 0.4) is 0 Å². The van der Waals surface area contributed by atoms with Crippen molar-refractivity contribution in [1.82, 2.24) is 4.98 Å². The number of hydrogen-bond acceptors (Lipinski definition) is 6. The second-order valence-corrected chi connectivity index (χ2v) is 7.18. The van der Waals surface area contributed by atoms with Crippen molar-refractivity contribution in [2.75, 3.05) is 26.1 Å². The Labute approximate surface area is 168 Å². The van der Waals surface area contributed by atoms with E-state index in [4.69, 9.17) is 14.2 Å². The molecule has 7 heteroatoms. The molecule has 0 atom stereocenters.